The average Bonchev–Trinajstić information content (AvgIpc) is 3.03. The van der Waals surface area contributed by atoms with Crippen molar-refractivity contribution < 1.29 is 32.5 Å². The van der Waals surface area contributed by atoms with Crippen molar-refractivity contribution in [2.24, 2.45) is 0 Å². The van der Waals surface area contributed by atoms with Gasteiger partial charge in [0.25, 0.3) is 0 Å². The largest absolute Gasteiger partial charge is 0.490 e. The van der Waals surface area contributed by atoms with E-state index in [9.17, 15) is 13.2 Å². The maximum atomic E-state index is 10.6. The second-order valence-electron chi connectivity index (χ2n) is 6.32. The Morgan fingerprint density at radius 2 is 1.82 bits per heavy atom. The van der Waals surface area contributed by atoms with E-state index in [-0.39, 0.29) is 0 Å². The molecule has 3 heterocycles. The molecule has 1 N–H and O–H groups in total. The molecule has 0 saturated carbocycles. The summed E-state index contributed by atoms with van der Waals surface area (Å²) in [6.07, 6.45) is -1.45. The highest BCUT2D eigenvalue weighted by atomic mass is 19.4. The molecule has 0 bridgehead atoms. The molecule has 2 aromatic rings. The molecule has 4 rings (SSSR count). The van der Waals surface area contributed by atoms with Gasteiger partial charge in [-0.2, -0.15) is 13.2 Å². The van der Waals surface area contributed by atoms with Crippen molar-refractivity contribution >= 4 is 5.97 Å². The molecule has 2 aliphatic heterocycles. The van der Waals surface area contributed by atoms with Crippen LogP contribution in [0.1, 0.15) is 11.3 Å². The van der Waals surface area contributed by atoms with E-state index in [1.807, 2.05) is 18.2 Å². The molecule has 0 radical (unpaired) electrons. The number of benzene rings is 1. The monoisotopic (exact) mass is 397 g/mol. The number of hydrogen-bond acceptors (Lipinski definition) is 6. The van der Waals surface area contributed by atoms with E-state index < -0.39 is 12.1 Å². The quantitative estimate of drug-likeness (QED) is 0.792. The summed E-state index contributed by atoms with van der Waals surface area (Å²) in [5.41, 5.74) is 4.53. The fraction of sp³-hybridized carbons (Fsp3) is 0.389. The Morgan fingerprint density at radius 3 is 2.54 bits per heavy atom. The van der Waals surface area contributed by atoms with E-state index in [0.717, 1.165) is 48.7 Å². The SMILES string of the molecule is CN1CCc2ncnc(-c3ccc4c(c3)OCO4)c2CC1.O=C(O)C(F)(F)F. The van der Waals surface area contributed by atoms with Gasteiger partial charge in [0.15, 0.2) is 11.5 Å². The van der Waals surface area contributed by atoms with E-state index in [1.165, 1.54) is 11.3 Å². The average molecular weight is 397 g/mol. The van der Waals surface area contributed by atoms with Crippen LogP contribution in [0.3, 0.4) is 0 Å². The van der Waals surface area contributed by atoms with Crippen LogP contribution in [-0.4, -0.2) is 59.1 Å². The number of carbonyl (C=O) groups is 1. The van der Waals surface area contributed by atoms with Crippen LogP contribution >= 0.6 is 0 Å². The van der Waals surface area contributed by atoms with Gasteiger partial charge in [-0.15, -0.1) is 0 Å². The predicted molar refractivity (Wildman–Crippen MR) is 92.2 cm³/mol. The summed E-state index contributed by atoms with van der Waals surface area (Å²) in [6.45, 7) is 2.38. The van der Waals surface area contributed by atoms with Crippen molar-refractivity contribution in [2.75, 3.05) is 26.9 Å². The van der Waals surface area contributed by atoms with Crippen molar-refractivity contribution in [3.63, 3.8) is 0 Å². The number of alkyl halides is 3. The van der Waals surface area contributed by atoms with Crippen LogP contribution in [0.5, 0.6) is 11.5 Å². The molecule has 1 aromatic carbocycles. The highest BCUT2D eigenvalue weighted by Crippen LogP contribution is 2.36. The zero-order valence-corrected chi connectivity index (χ0v) is 15.0. The Morgan fingerprint density at radius 1 is 1.14 bits per heavy atom. The number of hydrogen-bond donors (Lipinski definition) is 1. The first-order valence-electron chi connectivity index (χ1n) is 8.47. The van der Waals surface area contributed by atoms with Crippen molar-refractivity contribution in [1.29, 1.82) is 0 Å². The van der Waals surface area contributed by atoms with Crippen LogP contribution in [0.15, 0.2) is 24.5 Å². The lowest BCUT2D eigenvalue weighted by molar-refractivity contribution is -0.192. The Labute approximate surface area is 158 Å². The summed E-state index contributed by atoms with van der Waals surface area (Å²) < 4.78 is 42.6. The summed E-state index contributed by atoms with van der Waals surface area (Å²) in [6, 6.07) is 6.01. The van der Waals surface area contributed by atoms with Gasteiger partial charge in [0, 0.05) is 36.3 Å². The van der Waals surface area contributed by atoms with Crippen LogP contribution in [0.4, 0.5) is 13.2 Å². The molecular weight excluding hydrogens is 379 g/mol. The lowest BCUT2D eigenvalue weighted by atomic mass is 10.0. The first-order valence-corrected chi connectivity index (χ1v) is 8.47. The molecule has 1 aromatic heterocycles. The third kappa shape index (κ3) is 4.50. The first kappa shape index (κ1) is 19.9. The number of nitrogens with zero attached hydrogens (tertiary/aromatic N) is 3. The molecule has 0 unspecified atom stereocenters. The van der Waals surface area contributed by atoms with Gasteiger partial charge in [-0.25, -0.2) is 14.8 Å². The van der Waals surface area contributed by atoms with Crippen molar-refractivity contribution in [2.45, 2.75) is 19.0 Å². The molecule has 2 aliphatic rings. The van der Waals surface area contributed by atoms with Gasteiger partial charge in [-0.3, -0.25) is 0 Å². The standard InChI is InChI=1S/C16H17N3O2.C2HF3O2/c1-19-6-4-12-13(5-7-19)17-9-18-16(12)11-2-3-14-15(8-11)21-10-20-14;3-2(4,5)1(6)7/h2-3,8-9H,4-7,10H2,1H3;(H,6,7). The van der Waals surface area contributed by atoms with E-state index in [0.29, 0.717) is 6.79 Å². The molecule has 0 spiro atoms. The molecule has 28 heavy (non-hydrogen) atoms. The number of carboxylic acid groups (broad SMARTS) is 1. The first-order chi connectivity index (χ1) is 13.3. The Bertz CT molecular complexity index is 874. The minimum absolute atomic E-state index is 0.297. The highest BCUT2D eigenvalue weighted by Gasteiger charge is 2.38. The minimum atomic E-state index is -5.08. The van der Waals surface area contributed by atoms with Crippen LogP contribution in [-0.2, 0) is 17.6 Å². The van der Waals surface area contributed by atoms with Crippen molar-refractivity contribution in [1.82, 2.24) is 14.9 Å². The van der Waals surface area contributed by atoms with E-state index in [4.69, 9.17) is 19.4 Å². The van der Waals surface area contributed by atoms with Crippen LogP contribution < -0.4 is 9.47 Å². The second kappa shape index (κ2) is 8.01. The van der Waals surface area contributed by atoms with Gasteiger partial charge in [0.2, 0.25) is 6.79 Å². The van der Waals surface area contributed by atoms with E-state index in [2.05, 4.69) is 21.9 Å². The fourth-order valence-corrected chi connectivity index (χ4v) is 2.93. The Balaban J connectivity index is 0.000000279. The number of carboxylic acids is 1. The molecule has 7 nitrogen and oxygen atoms in total. The van der Waals surface area contributed by atoms with Gasteiger partial charge >= 0.3 is 12.1 Å². The van der Waals surface area contributed by atoms with E-state index in [1.54, 1.807) is 6.33 Å². The fourth-order valence-electron chi connectivity index (χ4n) is 2.93. The van der Waals surface area contributed by atoms with Crippen LogP contribution in [0, 0.1) is 0 Å². The zero-order valence-electron chi connectivity index (χ0n) is 15.0. The maximum Gasteiger partial charge on any atom is 0.490 e. The van der Waals surface area contributed by atoms with Gasteiger partial charge in [-0.05, 0) is 31.7 Å². The van der Waals surface area contributed by atoms with Gasteiger partial charge < -0.3 is 19.5 Å². The van der Waals surface area contributed by atoms with Crippen molar-refractivity contribution in [3.8, 4) is 22.8 Å². The topological polar surface area (TPSA) is 84.8 Å². The Hall–Kier alpha value is -2.88. The third-order valence-corrected chi connectivity index (χ3v) is 4.40. The van der Waals surface area contributed by atoms with E-state index >= 15 is 0 Å². The van der Waals surface area contributed by atoms with Gasteiger partial charge in [0.05, 0.1) is 5.69 Å². The predicted octanol–water partition coefficient (Wildman–Crippen LogP) is 2.54. The lowest BCUT2D eigenvalue weighted by Gasteiger charge is -2.12. The number of aromatic nitrogens is 2. The van der Waals surface area contributed by atoms with Gasteiger partial charge in [0.1, 0.15) is 6.33 Å². The molecule has 0 saturated heterocycles. The normalized spacial score (nSPS) is 15.9. The summed E-state index contributed by atoms with van der Waals surface area (Å²) >= 11 is 0. The number of halogens is 3. The van der Waals surface area contributed by atoms with Crippen LogP contribution in [0.25, 0.3) is 11.3 Å². The number of rotatable bonds is 1. The number of ether oxygens (including phenoxy) is 2. The minimum Gasteiger partial charge on any atom is -0.475 e. The molecule has 0 amide bonds. The smallest absolute Gasteiger partial charge is 0.475 e. The molecular formula is C18H18F3N3O4. The number of fused-ring (bicyclic) bond motifs is 2. The summed E-state index contributed by atoms with van der Waals surface area (Å²) in [4.78, 5) is 20.2. The summed E-state index contributed by atoms with van der Waals surface area (Å²) in [5, 5.41) is 7.12. The molecule has 0 aliphatic carbocycles. The molecule has 150 valence electrons. The van der Waals surface area contributed by atoms with Gasteiger partial charge in [-0.1, -0.05) is 0 Å². The zero-order chi connectivity index (χ0) is 20.3. The van der Waals surface area contributed by atoms with Crippen molar-refractivity contribution in [3.05, 3.63) is 35.8 Å². The number of aliphatic carboxylic acids is 1. The maximum absolute atomic E-state index is 10.6. The molecule has 0 atom stereocenters. The molecule has 0 fully saturated rings. The second-order valence-corrected chi connectivity index (χ2v) is 6.32. The molecule has 10 heteroatoms. The number of likely N-dealkylation sites (N-methyl/N-ethyl adjacent to an activating group) is 1. The summed E-state index contributed by atoms with van der Waals surface area (Å²) in [7, 11) is 2.15. The van der Waals surface area contributed by atoms with Crippen LogP contribution in [0.2, 0.25) is 0 Å². The Kier molecular flexibility index (Phi) is 5.68. The highest BCUT2D eigenvalue weighted by molar-refractivity contribution is 5.73. The lowest BCUT2D eigenvalue weighted by Crippen LogP contribution is -2.21. The summed E-state index contributed by atoms with van der Waals surface area (Å²) in [5.74, 6) is -1.16. The third-order valence-electron chi connectivity index (χ3n) is 4.40.